The zero-order valence-electron chi connectivity index (χ0n) is 9.26. The summed E-state index contributed by atoms with van der Waals surface area (Å²) in [5.41, 5.74) is 7.16. The molecular weight excluding hydrogens is 242 g/mol. The van der Waals surface area contributed by atoms with Crippen molar-refractivity contribution >= 4 is 21.7 Å². The zero-order chi connectivity index (χ0) is 10.9. The topological polar surface area (TPSA) is 43.8 Å². The summed E-state index contributed by atoms with van der Waals surface area (Å²) in [7, 11) is 0. The Hall–Kier alpha value is -0.510. The smallest absolute Gasteiger partial charge is 0.136 e. The Morgan fingerprint density at radius 2 is 2.00 bits per heavy atom. The Morgan fingerprint density at radius 1 is 1.43 bits per heavy atom. The Labute approximate surface area is 93.8 Å². The van der Waals surface area contributed by atoms with Gasteiger partial charge in [0.05, 0.1) is 10.2 Å². The second-order valence-corrected chi connectivity index (χ2v) is 5.61. The monoisotopic (exact) mass is 259 g/mol. The van der Waals surface area contributed by atoms with E-state index in [0.717, 1.165) is 29.0 Å². The largest absolute Gasteiger partial charge is 0.383 e. The summed E-state index contributed by atoms with van der Waals surface area (Å²) in [4.78, 5) is 0. The summed E-state index contributed by atoms with van der Waals surface area (Å²) in [5, 5.41) is 4.36. The molecule has 1 aromatic rings. The highest BCUT2D eigenvalue weighted by atomic mass is 79.9. The summed E-state index contributed by atoms with van der Waals surface area (Å²) in [6.45, 7) is 9.48. The van der Waals surface area contributed by atoms with Crippen LogP contribution < -0.4 is 5.73 Å². The molecule has 0 aromatic carbocycles. The maximum absolute atomic E-state index is 5.89. The molecule has 3 nitrogen and oxygen atoms in total. The van der Waals surface area contributed by atoms with Crippen molar-refractivity contribution in [1.82, 2.24) is 9.78 Å². The number of aryl methyl sites for hydroxylation is 2. The van der Waals surface area contributed by atoms with E-state index in [1.807, 2.05) is 11.6 Å². The molecule has 0 saturated heterocycles. The molecule has 0 saturated carbocycles. The van der Waals surface area contributed by atoms with Crippen molar-refractivity contribution in [2.24, 2.45) is 5.41 Å². The predicted octanol–water partition coefficient (Wildman–Crippen LogP) is 2.97. The third-order valence-corrected chi connectivity index (χ3v) is 3.14. The van der Waals surface area contributed by atoms with E-state index in [2.05, 4.69) is 41.8 Å². The number of nitrogens with zero attached hydrogens (tertiary/aromatic N) is 2. The second-order valence-electron chi connectivity index (χ2n) is 4.82. The normalized spacial score (nSPS) is 12.1. The van der Waals surface area contributed by atoms with Gasteiger partial charge in [0, 0.05) is 6.54 Å². The summed E-state index contributed by atoms with van der Waals surface area (Å²) in [5.74, 6) is 0.728. The lowest BCUT2D eigenvalue weighted by Crippen LogP contribution is -2.12. The van der Waals surface area contributed by atoms with Crippen LogP contribution in [0.5, 0.6) is 0 Å². The molecule has 0 aliphatic carbocycles. The van der Waals surface area contributed by atoms with Crippen molar-refractivity contribution in [2.45, 2.75) is 40.7 Å². The molecule has 0 bridgehead atoms. The van der Waals surface area contributed by atoms with Crippen molar-refractivity contribution in [3.8, 4) is 0 Å². The first-order valence-electron chi connectivity index (χ1n) is 4.79. The van der Waals surface area contributed by atoms with Crippen molar-refractivity contribution in [1.29, 1.82) is 0 Å². The molecule has 0 aliphatic rings. The minimum atomic E-state index is 0.318. The predicted molar refractivity (Wildman–Crippen MR) is 63.1 cm³/mol. The molecule has 0 aliphatic heterocycles. The van der Waals surface area contributed by atoms with E-state index in [4.69, 9.17) is 5.73 Å². The molecule has 14 heavy (non-hydrogen) atoms. The van der Waals surface area contributed by atoms with Gasteiger partial charge in [0.2, 0.25) is 0 Å². The van der Waals surface area contributed by atoms with Crippen LogP contribution in [0.15, 0.2) is 4.47 Å². The number of aromatic nitrogens is 2. The maximum Gasteiger partial charge on any atom is 0.136 e. The van der Waals surface area contributed by atoms with Gasteiger partial charge in [-0.1, -0.05) is 20.8 Å². The van der Waals surface area contributed by atoms with Crippen LogP contribution in [0.3, 0.4) is 0 Å². The molecule has 1 rings (SSSR count). The van der Waals surface area contributed by atoms with Gasteiger partial charge in [0.1, 0.15) is 5.82 Å². The van der Waals surface area contributed by atoms with Gasteiger partial charge in [0.15, 0.2) is 0 Å². The highest BCUT2D eigenvalue weighted by Gasteiger charge is 2.14. The summed E-state index contributed by atoms with van der Waals surface area (Å²) >= 11 is 3.41. The summed E-state index contributed by atoms with van der Waals surface area (Å²) in [6.07, 6.45) is 1.07. The number of rotatable bonds is 2. The van der Waals surface area contributed by atoms with Crippen LogP contribution in [0, 0.1) is 12.3 Å². The van der Waals surface area contributed by atoms with E-state index in [1.165, 1.54) is 0 Å². The van der Waals surface area contributed by atoms with Gasteiger partial charge in [0.25, 0.3) is 0 Å². The summed E-state index contributed by atoms with van der Waals surface area (Å²) < 4.78 is 2.79. The molecule has 0 radical (unpaired) electrons. The van der Waals surface area contributed by atoms with Crippen molar-refractivity contribution < 1.29 is 0 Å². The minimum Gasteiger partial charge on any atom is -0.383 e. The molecule has 0 amide bonds. The van der Waals surface area contributed by atoms with Gasteiger partial charge >= 0.3 is 0 Å². The first-order chi connectivity index (χ1) is 6.31. The number of halogens is 1. The van der Waals surface area contributed by atoms with Crippen molar-refractivity contribution in [3.63, 3.8) is 0 Å². The van der Waals surface area contributed by atoms with Gasteiger partial charge in [-0.15, -0.1) is 0 Å². The molecule has 0 spiro atoms. The third kappa shape index (κ3) is 2.74. The Balaban J connectivity index is 2.73. The molecule has 1 aromatic heterocycles. The molecule has 0 unspecified atom stereocenters. The number of hydrogen-bond acceptors (Lipinski definition) is 2. The zero-order valence-corrected chi connectivity index (χ0v) is 10.8. The average Bonchev–Trinajstić information content (AvgIpc) is 2.28. The van der Waals surface area contributed by atoms with E-state index in [0.29, 0.717) is 5.41 Å². The van der Waals surface area contributed by atoms with Gasteiger partial charge in [-0.3, -0.25) is 0 Å². The van der Waals surface area contributed by atoms with Gasteiger partial charge in [-0.2, -0.15) is 5.10 Å². The molecule has 0 fully saturated rings. The average molecular weight is 260 g/mol. The number of nitrogens with two attached hydrogens (primary N) is 1. The summed E-state index contributed by atoms with van der Waals surface area (Å²) in [6, 6.07) is 0. The number of nitrogen functional groups attached to an aromatic ring is 1. The minimum absolute atomic E-state index is 0.318. The van der Waals surface area contributed by atoms with Crippen molar-refractivity contribution in [2.75, 3.05) is 5.73 Å². The quantitative estimate of drug-likeness (QED) is 0.888. The standard InChI is InChI=1S/C10H18BrN3/c1-7-8(11)9(12)14(13-7)6-5-10(2,3)4/h5-6,12H2,1-4H3. The highest BCUT2D eigenvalue weighted by Crippen LogP contribution is 2.25. The Kier molecular flexibility index (Phi) is 3.24. The molecule has 1 heterocycles. The van der Waals surface area contributed by atoms with Crippen LogP contribution >= 0.6 is 15.9 Å². The fraction of sp³-hybridized carbons (Fsp3) is 0.700. The van der Waals surface area contributed by atoms with Gasteiger partial charge in [-0.25, -0.2) is 4.68 Å². The van der Waals surface area contributed by atoms with E-state index in [-0.39, 0.29) is 0 Å². The molecule has 0 atom stereocenters. The van der Waals surface area contributed by atoms with Gasteiger partial charge < -0.3 is 5.73 Å². The Bertz CT molecular complexity index is 323. The van der Waals surface area contributed by atoms with E-state index in [1.54, 1.807) is 0 Å². The Morgan fingerprint density at radius 3 is 2.36 bits per heavy atom. The first kappa shape index (κ1) is 11.6. The lowest BCUT2D eigenvalue weighted by molar-refractivity contribution is 0.342. The maximum atomic E-state index is 5.89. The second kappa shape index (κ2) is 3.93. The highest BCUT2D eigenvalue weighted by molar-refractivity contribution is 9.10. The molecule has 4 heteroatoms. The van der Waals surface area contributed by atoms with E-state index >= 15 is 0 Å². The van der Waals surface area contributed by atoms with Crippen molar-refractivity contribution in [3.05, 3.63) is 10.2 Å². The molecule has 2 N–H and O–H groups in total. The molecule has 80 valence electrons. The van der Waals surface area contributed by atoms with Crippen LogP contribution in [0.4, 0.5) is 5.82 Å². The van der Waals surface area contributed by atoms with Crippen LogP contribution in [0.1, 0.15) is 32.9 Å². The molecular formula is C10H18BrN3. The first-order valence-corrected chi connectivity index (χ1v) is 5.59. The van der Waals surface area contributed by atoms with Crippen LogP contribution in [-0.4, -0.2) is 9.78 Å². The number of anilines is 1. The van der Waals surface area contributed by atoms with Crippen LogP contribution in [0.25, 0.3) is 0 Å². The fourth-order valence-corrected chi connectivity index (χ4v) is 1.47. The third-order valence-electron chi connectivity index (χ3n) is 2.16. The lowest BCUT2D eigenvalue weighted by atomic mass is 9.92. The van der Waals surface area contributed by atoms with Crippen LogP contribution in [-0.2, 0) is 6.54 Å². The van der Waals surface area contributed by atoms with Crippen LogP contribution in [0.2, 0.25) is 0 Å². The van der Waals surface area contributed by atoms with E-state index < -0.39 is 0 Å². The van der Waals surface area contributed by atoms with Gasteiger partial charge in [-0.05, 0) is 34.7 Å². The van der Waals surface area contributed by atoms with E-state index in [9.17, 15) is 0 Å². The fourth-order valence-electron chi connectivity index (χ4n) is 1.19. The lowest BCUT2D eigenvalue weighted by Gasteiger charge is -2.17. The number of hydrogen-bond donors (Lipinski definition) is 1. The SMILES string of the molecule is Cc1nn(CCC(C)(C)C)c(N)c1Br.